The van der Waals surface area contributed by atoms with Gasteiger partial charge in [-0.1, -0.05) is 28.9 Å². The molecule has 0 N–H and O–H groups in total. The van der Waals surface area contributed by atoms with E-state index in [4.69, 9.17) is 9.26 Å². The molecule has 0 aliphatic carbocycles. The molecule has 2 aromatic rings. The Morgan fingerprint density at radius 2 is 1.89 bits per heavy atom. The van der Waals surface area contributed by atoms with Crippen LogP contribution >= 0.6 is 0 Å². The maximum absolute atomic E-state index is 12.9. The smallest absolute Gasteiger partial charge is 0.309 e. The van der Waals surface area contributed by atoms with Crippen LogP contribution in [0, 0.1) is 33.6 Å². The summed E-state index contributed by atoms with van der Waals surface area (Å²) >= 11 is 0. The number of rotatable bonds is 5. The number of esters is 1. The van der Waals surface area contributed by atoms with Crippen molar-refractivity contribution in [2.75, 3.05) is 13.1 Å². The van der Waals surface area contributed by atoms with E-state index in [2.05, 4.69) is 5.16 Å². The molecular weight excluding hydrogens is 380 g/mol. The lowest BCUT2D eigenvalue weighted by molar-refractivity contribution is -0.151. The fourth-order valence-electron chi connectivity index (χ4n) is 3.53. The second kappa shape index (κ2) is 8.05. The van der Waals surface area contributed by atoms with Crippen LogP contribution in [0.5, 0.6) is 0 Å². The molecule has 0 spiro atoms. The molecule has 152 valence electrons. The Morgan fingerprint density at radius 1 is 1.21 bits per heavy atom. The second-order valence-corrected chi connectivity index (χ2v) is 9.24. The van der Waals surface area contributed by atoms with E-state index in [1.165, 1.54) is 4.31 Å². The number of benzene rings is 1. The SMILES string of the molecule is Cc1ccc(C)c(COC(=O)C2CCN(S(=O)(=O)c3c(C)noc3C)CC2)c1. The van der Waals surface area contributed by atoms with Crippen LogP contribution in [-0.2, 0) is 26.2 Å². The van der Waals surface area contributed by atoms with Crippen LogP contribution in [0.3, 0.4) is 0 Å². The zero-order valence-electron chi connectivity index (χ0n) is 16.7. The molecule has 1 aliphatic heterocycles. The molecule has 1 aliphatic rings. The van der Waals surface area contributed by atoms with Crippen LogP contribution in [0.15, 0.2) is 27.6 Å². The van der Waals surface area contributed by atoms with Gasteiger partial charge in [0.15, 0.2) is 5.76 Å². The number of sulfonamides is 1. The van der Waals surface area contributed by atoms with E-state index >= 15 is 0 Å². The maximum Gasteiger partial charge on any atom is 0.309 e. The highest BCUT2D eigenvalue weighted by Crippen LogP contribution is 2.28. The molecule has 0 bridgehead atoms. The predicted molar refractivity (Wildman–Crippen MR) is 103 cm³/mol. The van der Waals surface area contributed by atoms with Crippen LogP contribution < -0.4 is 0 Å². The zero-order chi connectivity index (χ0) is 20.5. The first-order valence-electron chi connectivity index (χ1n) is 9.36. The van der Waals surface area contributed by atoms with Crippen molar-refractivity contribution >= 4 is 16.0 Å². The maximum atomic E-state index is 12.9. The van der Waals surface area contributed by atoms with E-state index in [1.807, 2.05) is 32.0 Å². The Kier molecular flexibility index (Phi) is 5.90. The van der Waals surface area contributed by atoms with Gasteiger partial charge in [-0.3, -0.25) is 4.79 Å². The summed E-state index contributed by atoms with van der Waals surface area (Å²) in [6, 6.07) is 6.05. The van der Waals surface area contributed by atoms with Gasteiger partial charge in [0.05, 0.1) is 5.92 Å². The third-order valence-corrected chi connectivity index (χ3v) is 7.37. The molecule has 8 heteroatoms. The van der Waals surface area contributed by atoms with Crippen molar-refractivity contribution < 1.29 is 22.5 Å². The number of carbonyl (C=O) groups is 1. The number of carbonyl (C=O) groups excluding carboxylic acids is 1. The summed E-state index contributed by atoms with van der Waals surface area (Å²) in [7, 11) is -3.67. The van der Waals surface area contributed by atoms with Crippen molar-refractivity contribution in [3.63, 3.8) is 0 Å². The fourth-order valence-corrected chi connectivity index (χ4v) is 5.29. The van der Waals surface area contributed by atoms with Crippen molar-refractivity contribution in [1.82, 2.24) is 9.46 Å². The monoisotopic (exact) mass is 406 g/mol. The molecule has 1 aromatic heterocycles. The molecule has 0 radical (unpaired) electrons. The summed E-state index contributed by atoms with van der Waals surface area (Å²) in [6.45, 7) is 7.97. The van der Waals surface area contributed by atoms with E-state index in [9.17, 15) is 13.2 Å². The van der Waals surface area contributed by atoms with Gasteiger partial charge in [-0.05, 0) is 51.7 Å². The first-order valence-corrected chi connectivity index (χ1v) is 10.8. The Hall–Kier alpha value is -2.19. The highest BCUT2D eigenvalue weighted by Gasteiger charge is 2.35. The van der Waals surface area contributed by atoms with E-state index in [-0.39, 0.29) is 42.2 Å². The van der Waals surface area contributed by atoms with Gasteiger partial charge in [-0.15, -0.1) is 0 Å². The van der Waals surface area contributed by atoms with Crippen LogP contribution in [-0.4, -0.2) is 36.9 Å². The van der Waals surface area contributed by atoms with Crippen LogP contribution in [0.2, 0.25) is 0 Å². The predicted octanol–water partition coefficient (Wildman–Crippen LogP) is 3.05. The summed E-state index contributed by atoms with van der Waals surface area (Å²) < 4.78 is 37.6. The standard InChI is InChI=1S/C20H26N2O5S/c1-13-5-6-14(2)18(11-13)12-26-20(23)17-7-9-22(10-8-17)28(24,25)19-15(3)21-27-16(19)4/h5-6,11,17H,7-10,12H2,1-4H3. The van der Waals surface area contributed by atoms with E-state index in [1.54, 1.807) is 13.8 Å². The molecule has 0 unspecified atom stereocenters. The third kappa shape index (κ3) is 4.12. The molecule has 1 fully saturated rings. The van der Waals surface area contributed by atoms with Gasteiger partial charge in [-0.25, -0.2) is 8.42 Å². The summed E-state index contributed by atoms with van der Waals surface area (Å²) in [6.07, 6.45) is 0.877. The van der Waals surface area contributed by atoms with Gasteiger partial charge in [0.2, 0.25) is 10.0 Å². The number of nitrogens with zero attached hydrogens (tertiary/aromatic N) is 2. The Balaban J connectivity index is 1.59. The normalized spacial score (nSPS) is 16.3. The van der Waals surface area contributed by atoms with Crippen LogP contribution in [0.1, 0.15) is 41.0 Å². The van der Waals surface area contributed by atoms with Crippen molar-refractivity contribution in [2.24, 2.45) is 5.92 Å². The molecule has 2 heterocycles. The van der Waals surface area contributed by atoms with Crippen molar-refractivity contribution in [3.05, 3.63) is 46.3 Å². The third-order valence-electron chi connectivity index (χ3n) is 5.23. The van der Waals surface area contributed by atoms with Gasteiger partial charge in [0, 0.05) is 13.1 Å². The summed E-state index contributed by atoms with van der Waals surface area (Å²) in [5, 5.41) is 3.73. The number of hydrogen-bond acceptors (Lipinski definition) is 6. The van der Waals surface area contributed by atoms with Gasteiger partial charge < -0.3 is 9.26 Å². The molecule has 7 nitrogen and oxygen atoms in total. The van der Waals surface area contributed by atoms with Gasteiger partial charge in [0.1, 0.15) is 17.2 Å². The molecular formula is C20H26N2O5S. The van der Waals surface area contributed by atoms with E-state index in [0.717, 1.165) is 16.7 Å². The highest BCUT2D eigenvalue weighted by atomic mass is 32.2. The number of aryl methyl sites for hydroxylation is 4. The van der Waals surface area contributed by atoms with Gasteiger partial charge in [-0.2, -0.15) is 4.31 Å². The summed E-state index contributed by atoms with van der Waals surface area (Å²) in [4.78, 5) is 12.6. The molecule has 1 saturated heterocycles. The average Bonchev–Trinajstić information content (AvgIpc) is 3.01. The molecule has 0 saturated carbocycles. The largest absolute Gasteiger partial charge is 0.461 e. The molecule has 0 atom stereocenters. The lowest BCUT2D eigenvalue weighted by atomic mass is 9.98. The number of piperidine rings is 1. The van der Waals surface area contributed by atoms with Crippen molar-refractivity contribution in [2.45, 2.75) is 52.0 Å². The molecule has 3 rings (SSSR count). The van der Waals surface area contributed by atoms with E-state index < -0.39 is 10.0 Å². The minimum absolute atomic E-state index is 0.128. The minimum Gasteiger partial charge on any atom is -0.461 e. The van der Waals surface area contributed by atoms with Gasteiger partial charge >= 0.3 is 5.97 Å². The van der Waals surface area contributed by atoms with Crippen molar-refractivity contribution in [1.29, 1.82) is 0 Å². The minimum atomic E-state index is -3.67. The highest BCUT2D eigenvalue weighted by molar-refractivity contribution is 7.89. The van der Waals surface area contributed by atoms with Crippen LogP contribution in [0.4, 0.5) is 0 Å². The zero-order valence-corrected chi connectivity index (χ0v) is 17.5. The first-order chi connectivity index (χ1) is 13.2. The number of hydrogen-bond donors (Lipinski definition) is 0. The Bertz CT molecular complexity index is 953. The Labute approximate surface area is 165 Å². The lowest BCUT2D eigenvalue weighted by Crippen LogP contribution is -2.40. The summed E-state index contributed by atoms with van der Waals surface area (Å²) in [5.41, 5.74) is 3.55. The quantitative estimate of drug-likeness (QED) is 0.709. The Morgan fingerprint density at radius 3 is 2.50 bits per heavy atom. The first kappa shape index (κ1) is 20.5. The van der Waals surface area contributed by atoms with E-state index in [0.29, 0.717) is 18.5 Å². The fraction of sp³-hybridized carbons (Fsp3) is 0.500. The molecule has 0 amide bonds. The van der Waals surface area contributed by atoms with Crippen molar-refractivity contribution in [3.8, 4) is 0 Å². The average molecular weight is 407 g/mol. The number of ether oxygens (including phenoxy) is 1. The second-order valence-electron chi connectivity index (χ2n) is 7.37. The summed E-state index contributed by atoms with van der Waals surface area (Å²) in [5.74, 6) is -0.274. The van der Waals surface area contributed by atoms with Gasteiger partial charge in [0.25, 0.3) is 0 Å². The molecule has 1 aromatic carbocycles. The topological polar surface area (TPSA) is 89.7 Å². The van der Waals surface area contributed by atoms with Crippen LogP contribution in [0.25, 0.3) is 0 Å². The molecule has 28 heavy (non-hydrogen) atoms. The number of aromatic nitrogens is 1. The lowest BCUT2D eigenvalue weighted by Gasteiger charge is -2.30.